The molecular formula is C20H19FN4O. The summed E-state index contributed by atoms with van der Waals surface area (Å²) in [6.07, 6.45) is 1.53. The van der Waals surface area contributed by atoms with Gasteiger partial charge in [0.2, 0.25) is 5.95 Å². The molecule has 26 heavy (non-hydrogen) atoms. The molecule has 0 fully saturated rings. The number of carbonyl (C=O) groups is 1. The van der Waals surface area contributed by atoms with Gasteiger partial charge in [0.15, 0.2) is 0 Å². The van der Waals surface area contributed by atoms with Crippen LogP contribution in [0.15, 0.2) is 66.9 Å². The van der Waals surface area contributed by atoms with Crippen molar-refractivity contribution in [2.75, 3.05) is 5.32 Å². The Morgan fingerprint density at radius 1 is 1.08 bits per heavy atom. The second kappa shape index (κ2) is 8.20. The maximum atomic E-state index is 12.9. The lowest BCUT2D eigenvalue weighted by Gasteiger charge is -2.14. The third kappa shape index (κ3) is 4.63. The minimum atomic E-state index is -0.281. The summed E-state index contributed by atoms with van der Waals surface area (Å²) in [5.74, 6) is -0.209. The lowest BCUT2D eigenvalue weighted by atomic mass is 10.1. The maximum absolute atomic E-state index is 12.9. The molecule has 5 nitrogen and oxygen atoms in total. The fraction of sp³-hybridized carbons (Fsp3) is 0.150. The highest BCUT2D eigenvalue weighted by atomic mass is 19.1. The highest BCUT2D eigenvalue weighted by molar-refractivity contribution is 5.92. The first-order valence-electron chi connectivity index (χ1n) is 8.29. The Morgan fingerprint density at radius 3 is 2.54 bits per heavy atom. The molecule has 1 unspecified atom stereocenters. The van der Waals surface area contributed by atoms with Crippen molar-refractivity contribution in [3.63, 3.8) is 0 Å². The Labute approximate surface area is 151 Å². The van der Waals surface area contributed by atoms with Gasteiger partial charge >= 0.3 is 0 Å². The third-order valence-electron chi connectivity index (χ3n) is 3.90. The van der Waals surface area contributed by atoms with Gasteiger partial charge in [-0.2, -0.15) is 0 Å². The van der Waals surface area contributed by atoms with E-state index >= 15 is 0 Å². The first kappa shape index (κ1) is 17.5. The van der Waals surface area contributed by atoms with Gasteiger partial charge in [-0.3, -0.25) is 4.79 Å². The SMILES string of the molecule is CC(NC(=O)c1ccnc(NCc2ccc(F)cc2)n1)c1ccccc1. The van der Waals surface area contributed by atoms with Crippen LogP contribution in [0.5, 0.6) is 0 Å². The largest absolute Gasteiger partial charge is 0.350 e. The molecule has 2 aromatic carbocycles. The van der Waals surface area contributed by atoms with E-state index in [0.717, 1.165) is 11.1 Å². The number of anilines is 1. The summed E-state index contributed by atoms with van der Waals surface area (Å²) in [6, 6.07) is 17.3. The quantitative estimate of drug-likeness (QED) is 0.711. The molecule has 0 aliphatic heterocycles. The molecule has 1 amide bonds. The first-order chi connectivity index (χ1) is 12.6. The Balaban J connectivity index is 1.62. The van der Waals surface area contributed by atoms with Crippen LogP contribution in [0.2, 0.25) is 0 Å². The fourth-order valence-corrected chi connectivity index (χ4v) is 2.45. The van der Waals surface area contributed by atoms with Gasteiger partial charge in [0.25, 0.3) is 5.91 Å². The normalized spacial score (nSPS) is 11.6. The third-order valence-corrected chi connectivity index (χ3v) is 3.90. The molecule has 132 valence electrons. The average molecular weight is 350 g/mol. The molecule has 1 aromatic heterocycles. The second-order valence-corrected chi connectivity index (χ2v) is 5.85. The molecule has 1 atom stereocenters. The van der Waals surface area contributed by atoms with Crippen LogP contribution in [0.25, 0.3) is 0 Å². The minimum Gasteiger partial charge on any atom is -0.350 e. The van der Waals surface area contributed by atoms with E-state index < -0.39 is 0 Å². The fourth-order valence-electron chi connectivity index (χ4n) is 2.45. The van der Waals surface area contributed by atoms with E-state index in [-0.39, 0.29) is 23.5 Å². The molecule has 0 saturated heterocycles. The van der Waals surface area contributed by atoms with Crippen LogP contribution >= 0.6 is 0 Å². The topological polar surface area (TPSA) is 66.9 Å². The number of hydrogen-bond donors (Lipinski definition) is 2. The van der Waals surface area contributed by atoms with Gasteiger partial charge < -0.3 is 10.6 Å². The van der Waals surface area contributed by atoms with E-state index in [1.54, 1.807) is 18.2 Å². The van der Waals surface area contributed by atoms with Crippen LogP contribution < -0.4 is 10.6 Å². The maximum Gasteiger partial charge on any atom is 0.270 e. The monoisotopic (exact) mass is 350 g/mol. The van der Waals surface area contributed by atoms with Crippen molar-refractivity contribution >= 4 is 11.9 Å². The van der Waals surface area contributed by atoms with E-state index in [2.05, 4.69) is 20.6 Å². The molecule has 0 spiro atoms. The Hall–Kier alpha value is -3.28. The molecule has 3 rings (SSSR count). The number of halogens is 1. The summed E-state index contributed by atoms with van der Waals surface area (Å²) >= 11 is 0. The van der Waals surface area contributed by atoms with Crippen molar-refractivity contribution in [2.45, 2.75) is 19.5 Å². The highest BCUT2D eigenvalue weighted by Crippen LogP contribution is 2.12. The molecule has 0 saturated carbocycles. The predicted molar refractivity (Wildman–Crippen MR) is 98.1 cm³/mol. The number of rotatable bonds is 6. The summed E-state index contributed by atoms with van der Waals surface area (Å²) in [5, 5.41) is 5.96. The molecule has 0 aliphatic rings. The summed E-state index contributed by atoms with van der Waals surface area (Å²) < 4.78 is 12.9. The summed E-state index contributed by atoms with van der Waals surface area (Å²) in [7, 11) is 0. The van der Waals surface area contributed by atoms with Crippen LogP contribution in [-0.4, -0.2) is 15.9 Å². The predicted octanol–water partition coefficient (Wildman–Crippen LogP) is 3.72. The van der Waals surface area contributed by atoms with E-state index in [1.807, 2.05) is 37.3 Å². The summed E-state index contributed by atoms with van der Waals surface area (Å²) in [6.45, 7) is 2.36. The number of nitrogens with one attached hydrogen (secondary N) is 2. The van der Waals surface area contributed by atoms with Gasteiger partial charge in [-0.15, -0.1) is 0 Å². The zero-order chi connectivity index (χ0) is 18.4. The van der Waals surface area contributed by atoms with Gasteiger partial charge in [-0.05, 0) is 36.2 Å². The van der Waals surface area contributed by atoms with E-state index in [4.69, 9.17) is 0 Å². The van der Waals surface area contributed by atoms with Crippen LogP contribution in [0, 0.1) is 5.82 Å². The van der Waals surface area contributed by atoms with Gasteiger partial charge in [0.05, 0.1) is 6.04 Å². The Kier molecular flexibility index (Phi) is 5.53. The second-order valence-electron chi connectivity index (χ2n) is 5.85. The Morgan fingerprint density at radius 2 is 1.81 bits per heavy atom. The smallest absolute Gasteiger partial charge is 0.270 e. The molecule has 2 N–H and O–H groups in total. The van der Waals surface area contributed by atoms with Crippen molar-refractivity contribution in [3.8, 4) is 0 Å². The van der Waals surface area contributed by atoms with Crippen LogP contribution in [0.3, 0.4) is 0 Å². The van der Waals surface area contributed by atoms with Crippen molar-refractivity contribution in [2.24, 2.45) is 0 Å². The standard InChI is InChI=1S/C20H19FN4O/c1-14(16-5-3-2-4-6-16)24-19(26)18-11-12-22-20(25-18)23-13-15-7-9-17(21)10-8-15/h2-12,14H,13H2,1H3,(H,24,26)(H,22,23,25). The summed E-state index contributed by atoms with van der Waals surface area (Å²) in [5.41, 5.74) is 2.19. The molecule has 6 heteroatoms. The number of hydrogen-bond acceptors (Lipinski definition) is 4. The molecule has 1 heterocycles. The van der Waals surface area contributed by atoms with Crippen molar-refractivity contribution in [1.29, 1.82) is 0 Å². The van der Waals surface area contributed by atoms with Crippen LogP contribution in [0.1, 0.15) is 34.6 Å². The molecule has 0 bridgehead atoms. The molecular weight excluding hydrogens is 331 g/mol. The van der Waals surface area contributed by atoms with Crippen LogP contribution in [-0.2, 0) is 6.54 Å². The minimum absolute atomic E-state index is 0.130. The van der Waals surface area contributed by atoms with Gasteiger partial charge in [0, 0.05) is 12.7 Å². The number of carbonyl (C=O) groups excluding carboxylic acids is 1. The van der Waals surface area contributed by atoms with E-state index in [0.29, 0.717) is 12.5 Å². The number of benzene rings is 2. The Bertz CT molecular complexity index is 868. The molecule has 3 aromatic rings. The van der Waals surface area contributed by atoms with Crippen molar-refractivity contribution in [3.05, 3.63) is 89.5 Å². The average Bonchev–Trinajstić information content (AvgIpc) is 2.68. The molecule has 0 aliphatic carbocycles. The van der Waals surface area contributed by atoms with Gasteiger partial charge in [0.1, 0.15) is 11.5 Å². The van der Waals surface area contributed by atoms with Crippen LogP contribution in [0.4, 0.5) is 10.3 Å². The number of nitrogens with zero attached hydrogens (tertiary/aromatic N) is 2. The lowest BCUT2D eigenvalue weighted by Crippen LogP contribution is -2.27. The van der Waals surface area contributed by atoms with Gasteiger partial charge in [-0.25, -0.2) is 14.4 Å². The number of aromatic nitrogens is 2. The van der Waals surface area contributed by atoms with Crippen molar-refractivity contribution < 1.29 is 9.18 Å². The van der Waals surface area contributed by atoms with Crippen molar-refractivity contribution in [1.82, 2.24) is 15.3 Å². The zero-order valence-electron chi connectivity index (χ0n) is 14.3. The molecule has 0 radical (unpaired) electrons. The number of amides is 1. The summed E-state index contributed by atoms with van der Waals surface area (Å²) in [4.78, 5) is 20.8. The zero-order valence-corrected chi connectivity index (χ0v) is 14.3. The van der Waals surface area contributed by atoms with E-state index in [1.165, 1.54) is 18.3 Å². The first-order valence-corrected chi connectivity index (χ1v) is 8.29. The highest BCUT2D eigenvalue weighted by Gasteiger charge is 2.13. The van der Waals surface area contributed by atoms with E-state index in [9.17, 15) is 9.18 Å². The van der Waals surface area contributed by atoms with Gasteiger partial charge in [-0.1, -0.05) is 42.5 Å². The lowest BCUT2D eigenvalue weighted by molar-refractivity contribution is 0.0935.